The highest BCUT2D eigenvalue weighted by atomic mass is 32.1. The van der Waals surface area contributed by atoms with Gasteiger partial charge in [-0.1, -0.05) is 19.4 Å². The summed E-state index contributed by atoms with van der Waals surface area (Å²) >= 11 is 1.65. The molecule has 3 aromatic rings. The summed E-state index contributed by atoms with van der Waals surface area (Å²) in [6.45, 7) is 6.07. The topological polar surface area (TPSA) is 68.5 Å². The van der Waals surface area contributed by atoms with Crippen molar-refractivity contribution >= 4 is 22.9 Å². The van der Waals surface area contributed by atoms with Crippen LogP contribution >= 0.6 is 11.3 Å². The fourth-order valence-electron chi connectivity index (χ4n) is 2.69. The first-order valence-corrected chi connectivity index (χ1v) is 9.83. The van der Waals surface area contributed by atoms with E-state index in [1.54, 1.807) is 28.2 Å². The molecule has 0 atom stereocenters. The van der Waals surface area contributed by atoms with Crippen LogP contribution in [-0.4, -0.2) is 40.3 Å². The van der Waals surface area contributed by atoms with Crippen LogP contribution in [0.2, 0.25) is 0 Å². The van der Waals surface area contributed by atoms with Crippen LogP contribution in [0, 0.1) is 6.92 Å². The second kappa shape index (κ2) is 8.91. The first kappa shape index (κ1) is 18.5. The zero-order valence-corrected chi connectivity index (χ0v) is 16.0. The first-order valence-electron chi connectivity index (χ1n) is 8.95. The summed E-state index contributed by atoms with van der Waals surface area (Å²) in [6.07, 6.45) is 6.45. The van der Waals surface area contributed by atoms with E-state index in [4.69, 9.17) is 4.74 Å². The van der Waals surface area contributed by atoms with Crippen molar-refractivity contribution in [1.82, 2.24) is 19.9 Å². The van der Waals surface area contributed by atoms with Crippen molar-refractivity contribution in [3.05, 3.63) is 41.2 Å². The highest BCUT2D eigenvalue weighted by Gasteiger charge is 2.16. The molecule has 0 saturated heterocycles. The van der Waals surface area contributed by atoms with Crippen molar-refractivity contribution in [3.63, 3.8) is 0 Å². The number of ether oxygens (including phenoxy) is 1. The van der Waals surface area contributed by atoms with Gasteiger partial charge < -0.3 is 10.1 Å². The van der Waals surface area contributed by atoms with Gasteiger partial charge in [0.25, 0.3) is 5.91 Å². The predicted molar refractivity (Wildman–Crippen MR) is 104 cm³/mol. The lowest BCUT2D eigenvalue weighted by Crippen LogP contribution is -2.27. The molecule has 0 fully saturated rings. The van der Waals surface area contributed by atoms with Crippen LogP contribution < -0.4 is 5.32 Å². The number of nitrogens with one attached hydrogen (secondary N) is 1. The molecular formula is C19H24N4O2S. The van der Waals surface area contributed by atoms with Gasteiger partial charge in [0.1, 0.15) is 0 Å². The smallest absolute Gasteiger partial charge is 0.254 e. The minimum atomic E-state index is -0.126. The van der Waals surface area contributed by atoms with E-state index in [0.29, 0.717) is 18.7 Å². The number of carbonyl (C=O) groups excluding carboxylic acids is 1. The molecule has 0 bridgehead atoms. The van der Waals surface area contributed by atoms with Gasteiger partial charge in [0.15, 0.2) is 5.65 Å². The number of unbranched alkanes of at least 4 members (excludes halogenated alkanes) is 1. The minimum Gasteiger partial charge on any atom is -0.381 e. The van der Waals surface area contributed by atoms with E-state index in [0.717, 1.165) is 47.7 Å². The third kappa shape index (κ3) is 4.11. The molecule has 3 aromatic heterocycles. The number of hydrogen-bond donors (Lipinski definition) is 1. The number of nitrogens with zero attached hydrogens (tertiary/aromatic N) is 3. The summed E-state index contributed by atoms with van der Waals surface area (Å²) < 4.78 is 7.24. The standard InChI is InChI=1S/C19H24N4O2S/c1-3-4-9-25-10-6-8-20-19(24)15-12-21-18-16(17-7-5-11-26-17)13-22-23(18)14(15)2/h5,7,11-13H,3-4,6,8-10H2,1-2H3,(H,20,24). The van der Waals surface area contributed by atoms with E-state index in [2.05, 4.69) is 22.3 Å². The molecular weight excluding hydrogens is 348 g/mol. The first-order chi connectivity index (χ1) is 12.7. The van der Waals surface area contributed by atoms with E-state index >= 15 is 0 Å². The van der Waals surface area contributed by atoms with Crippen LogP contribution in [0.25, 0.3) is 16.1 Å². The number of hydrogen-bond acceptors (Lipinski definition) is 5. The molecule has 3 rings (SSSR count). The van der Waals surface area contributed by atoms with E-state index in [1.807, 2.05) is 24.4 Å². The zero-order valence-electron chi connectivity index (χ0n) is 15.2. The van der Waals surface area contributed by atoms with E-state index in [-0.39, 0.29) is 5.91 Å². The lowest BCUT2D eigenvalue weighted by Gasteiger charge is -2.09. The van der Waals surface area contributed by atoms with Gasteiger partial charge in [-0.3, -0.25) is 4.79 Å². The van der Waals surface area contributed by atoms with Crippen LogP contribution in [0.15, 0.2) is 29.9 Å². The summed E-state index contributed by atoms with van der Waals surface area (Å²) in [5.74, 6) is -0.126. The fourth-order valence-corrected chi connectivity index (χ4v) is 3.43. The minimum absolute atomic E-state index is 0.126. The third-order valence-corrected chi connectivity index (χ3v) is 5.09. The molecule has 6 nitrogen and oxygen atoms in total. The lowest BCUT2D eigenvalue weighted by molar-refractivity contribution is 0.0939. The summed E-state index contributed by atoms with van der Waals surface area (Å²) in [5.41, 5.74) is 3.09. The Labute approximate surface area is 157 Å². The molecule has 0 aromatic carbocycles. The maximum absolute atomic E-state index is 12.4. The number of carbonyl (C=O) groups is 1. The van der Waals surface area contributed by atoms with Gasteiger partial charge in [-0.2, -0.15) is 5.10 Å². The van der Waals surface area contributed by atoms with Crippen molar-refractivity contribution in [2.45, 2.75) is 33.1 Å². The lowest BCUT2D eigenvalue weighted by atomic mass is 10.2. The van der Waals surface area contributed by atoms with E-state index < -0.39 is 0 Å². The maximum atomic E-state index is 12.4. The van der Waals surface area contributed by atoms with Gasteiger partial charge in [0.2, 0.25) is 0 Å². The van der Waals surface area contributed by atoms with E-state index in [1.165, 1.54) is 0 Å². The number of amides is 1. The summed E-state index contributed by atoms with van der Waals surface area (Å²) in [4.78, 5) is 18.0. The van der Waals surface area contributed by atoms with Gasteiger partial charge in [0, 0.05) is 30.8 Å². The molecule has 0 spiro atoms. The third-order valence-electron chi connectivity index (χ3n) is 4.19. The molecule has 0 saturated carbocycles. The predicted octanol–water partition coefficient (Wildman–Crippen LogP) is 3.70. The molecule has 0 aliphatic rings. The Hall–Kier alpha value is -2.25. The van der Waals surface area contributed by atoms with Crippen LogP contribution in [0.3, 0.4) is 0 Å². The monoisotopic (exact) mass is 372 g/mol. The van der Waals surface area contributed by atoms with Crippen LogP contribution in [0.5, 0.6) is 0 Å². The number of aromatic nitrogens is 3. The average molecular weight is 372 g/mol. The molecule has 0 unspecified atom stereocenters. The normalized spacial score (nSPS) is 11.2. The van der Waals surface area contributed by atoms with Gasteiger partial charge in [-0.15, -0.1) is 11.3 Å². The van der Waals surface area contributed by atoms with E-state index in [9.17, 15) is 4.79 Å². The summed E-state index contributed by atoms with van der Waals surface area (Å²) in [7, 11) is 0. The second-order valence-electron chi connectivity index (χ2n) is 6.10. The van der Waals surface area contributed by atoms with Crippen LogP contribution in [0.4, 0.5) is 0 Å². The summed E-state index contributed by atoms with van der Waals surface area (Å²) in [5, 5.41) is 9.38. The molecule has 3 heterocycles. The Morgan fingerprint density at radius 2 is 2.15 bits per heavy atom. The largest absolute Gasteiger partial charge is 0.381 e. The highest BCUT2D eigenvalue weighted by Crippen LogP contribution is 2.28. The van der Waals surface area contributed by atoms with Gasteiger partial charge in [-0.05, 0) is 31.2 Å². The number of aryl methyl sites for hydroxylation is 1. The number of fused-ring (bicyclic) bond motifs is 1. The molecule has 26 heavy (non-hydrogen) atoms. The molecule has 0 radical (unpaired) electrons. The molecule has 138 valence electrons. The Morgan fingerprint density at radius 1 is 1.31 bits per heavy atom. The quantitative estimate of drug-likeness (QED) is 0.582. The molecule has 7 heteroatoms. The molecule has 0 aliphatic carbocycles. The van der Waals surface area contributed by atoms with Gasteiger partial charge >= 0.3 is 0 Å². The Morgan fingerprint density at radius 3 is 2.92 bits per heavy atom. The summed E-state index contributed by atoms with van der Waals surface area (Å²) in [6, 6.07) is 4.05. The zero-order chi connectivity index (χ0) is 18.4. The second-order valence-corrected chi connectivity index (χ2v) is 7.05. The number of thiophene rings is 1. The van der Waals surface area contributed by atoms with Gasteiger partial charge in [0.05, 0.1) is 23.0 Å². The highest BCUT2D eigenvalue weighted by molar-refractivity contribution is 7.13. The van der Waals surface area contributed by atoms with Gasteiger partial charge in [-0.25, -0.2) is 9.50 Å². The Balaban J connectivity index is 1.63. The maximum Gasteiger partial charge on any atom is 0.254 e. The van der Waals surface area contributed by atoms with Crippen molar-refractivity contribution in [3.8, 4) is 10.4 Å². The van der Waals surface area contributed by atoms with Crippen molar-refractivity contribution in [2.75, 3.05) is 19.8 Å². The Bertz CT molecular complexity index is 858. The average Bonchev–Trinajstić information content (AvgIpc) is 3.30. The molecule has 1 amide bonds. The van der Waals surface area contributed by atoms with Crippen molar-refractivity contribution < 1.29 is 9.53 Å². The molecule has 1 N–H and O–H groups in total. The van der Waals surface area contributed by atoms with Crippen molar-refractivity contribution in [1.29, 1.82) is 0 Å². The van der Waals surface area contributed by atoms with Crippen LogP contribution in [-0.2, 0) is 4.74 Å². The Kier molecular flexibility index (Phi) is 6.35. The van der Waals surface area contributed by atoms with Crippen LogP contribution in [0.1, 0.15) is 42.2 Å². The molecule has 0 aliphatic heterocycles. The van der Waals surface area contributed by atoms with Crippen molar-refractivity contribution in [2.24, 2.45) is 0 Å². The fraction of sp³-hybridized carbons (Fsp3) is 0.421. The SMILES string of the molecule is CCCCOCCCNC(=O)c1cnc2c(-c3cccs3)cnn2c1C. The number of rotatable bonds is 9.